The number of nitro groups is 1. The van der Waals surface area contributed by atoms with E-state index in [9.17, 15) is 23.3 Å². The van der Waals surface area contributed by atoms with Gasteiger partial charge in [0.1, 0.15) is 5.69 Å². The lowest BCUT2D eigenvalue weighted by atomic mass is 10.1. The summed E-state index contributed by atoms with van der Waals surface area (Å²) in [5.41, 5.74) is 0.147. The van der Waals surface area contributed by atoms with Crippen LogP contribution in [0.5, 0.6) is 0 Å². The highest BCUT2D eigenvalue weighted by atomic mass is 32.2. The van der Waals surface area contributed by atoms with Gasteiger partial charge in [-0.25, -0.2) is 8.42 Å². The van der Waals surface area contributed by atoms with Crippen LogP contribution < -0.4 is 5.32 Å². The average molecular weight is 385 g/mol. The minimum atomic E-state index is -3.51. The van der Waals surface area contributed by atoms with Crippen molar-refractivity contribution in [1.29, 1.82) is 0 Å². The van der Waals surface area contributed by atoms with Crippen molar-refractivity contribution in [3.8, 4) is 0 Å². The van der Waals surface area contributed by atoms with Gasteiger partial charge in [-0.3, -0.25) is 14.9 Å². The third-order valence-electron chi connectivity index (χ3n) is 4.06. The number of morpholine rings is 1. The molecular formula is C16H23N3O6S. The quantitative estimate of drug-likeness (QED) is 0.430. The van der Waals surface area contributed by atoms with Gasteiger partial charge in [0.15, 0.2) is 5.78 Å². The van der Waals surface area contributed by atoms with Crippen LogP contribution in [0.25, 0.3) is 0 Å². The Bertz CT molecular complexity index is 785. The molecule has 1 aromatic rings. The van der Waals surface area contributed by atoms with Gasteiger partial charge in [-0.1, -0.05) is 0 Å². The summed E-state index contributed by atoms with van der Waals surface area (Å²) < 4.78 is 31.9. The number of carbonyl (C=O) groups excluding carboxylic acids is 1. The molecule has 144 valence electrons. The molecule has 1 aromatic carbocycles. The molecule has 0 aliphatic carbocycles. The number of anilines is 1. The highest BCUT2D eigenvalue weighted by Gasteiger charge is 2.30. The number of hydrogen-bond acceptors (Lipinski definition) is 7. The number of carbonyl (C=O) groups is 1. The zero-order valence-corrected chi connectivity index (χ0v) is 15.8. The second kappa shape index (κ2) is 8.11. The first-order chi connectivity index (χ1) is 12.1. The monoisotopic (exact) mass is 385 g/mol. The van der Waals surface area contributed by atoms with E-state index < -0.39 is 14.9 Å². The molecule has 0 bridgehead atoms. The van der Waals surface area contributed by atoms with Gasteiger partial charge in [0, 0.05) is 31.3 Å². The SMILES string of the molecule is CC(=O)c1ccc(NCCS(=O)(=O)N2C[C@@H](C)O[C@@H](C)C2)c([N+](=O)[O-])c1. The van der Waals surface area contributed by atoms with E-state index in [-0.39, 0.29) is 47.2 Å². The Morgan fingerprint density at radius 1 is 1.35 bits per heavy atom. The summed E-state index contributed by atoms with van der Waals surface area (Å²) in [5, 5.41) is 14.0. The highest BCUT2D eigenvalue weighted by Crippen LogP contribution is 2.26. The maximum Gasteiger partial charge on any atom is 0.293 e. The van der Waals surface area contributed by atoms with Gasteiger partial charge in [0.05, 0.1) is 22.9 Å². The molecule has 0 aromatic heterocycles. The number of benzene rings is 1. The summed E-state index contributed by atoms with van der Waals surface area (Å²) in [4.78, 5) is 22.0. The Balaban J connectivity index is 2.05. The maximum absolute atomic E-state index is 12.5. The van der Waals surface area contributed by atoms with E-state index >= 15 is 0 Å². The number of Topliss-reactive ketones (excluding diaryl/α,β-unsaturated/α-hetero) is 1. The summed E-state index contributed by atoms with van der Waals surface area (Å²) >= 11 is 0. The van der Waals surface area contributed by atoms with Gasteiger partial charge >= 0.3 is 0 Å². The molecule has 2 rings (SSSR count). The first-order valence-corrected chi connectivity index (χ1v) is 9.87. The minimum absolute atomic E-state index is 0.0166. The van der Waals surface area contributed by atoms with Gasteiger partial charge in [-0.2, -0.15) is 4.31 Å². The molecule has 9 nitrogen and oxygen atoms in total. The second-order valence-electron chi connectivity index (χ2n) is 6.36. The Hall–Kier alpha value is -2.04. The summed E-state index contributed by atoms with van der Waals surface area (Å²) in [6, 6.07) is 4.07. The van der Waals surface area contributed by atoms with Crippen LogP contribution in [0.4, 0.5) is 11.4 Å². The fourth-order valence-electron chi connectivity index (χ4n) is 2.85. The van der Waals surface area contributed by atoms with Crippen molar-refractivity contribution in [1.82, 2.24) is 4.31 Å². The predicted molar refractivity (Wildman–Crippen MR) is 97.0 cm³/mol. The predicted octanol–water partition coefficient (Wildman–Crippen LogP) is 1.65. The molecule has 10 heteroatoms. The minimum Gasteiger partial charge on any atom is -0.378 e. The molecule has 2 atom stereocenters. The van der Waals surface area contributed by atoms with Gasteiger partial charge in [-0.05, 0) is 32.9 Å². The Kier molecular flexibility index (Phi) is 6.32. The third-order valence-corrected chi connectivity index (χ3v) is 5.86. The standard InChI is InChI=1S/C16H23N3O6S/c1-11-9-18(10-12(2)25-11)26(23,24)7-6-17-15-5-4-14(13(3)20)8-16(15)19(21)22/h4-5,8,11-12,17H,6-7,9-10H2,1-3H3/t11-,12+. The number of ether oxygens (including phenoxy) is 1. The van der Waals surface area contributed by atoms with Gasteiger partial charge < -0.3 is 10.1 Å². The van der Waals surface area contributed by atoms with E-state index in [1.165, 1.54) is 29.4 Å². The van der Waals surface area contributed by atoms with Crippen molar-refractivity contribution in [2.45, 2.75) is 33.0 Å². The summed E-state index contributed by atoms with van der Waals surface area (Å²) in [6.45, 7) is 5.55. The number of nitro benzene ring substituents is 1. The van der Waals surface area contributed by atoms with E-state index in [4.69, 9.17) is 4.74 Å². The molecule has 1 aliphatic rings. The molecule has 26 heavy (non-hydrogen) atoms. The van der Waals surface area contributed by atoms with Crippen LogP contribution in [0.2, 0.25) is 0 Å². The normalized spacial score (nSPS) is 21.3. The van der Waals surface area contributed by atoms with E-state index in [0.717, 1.165) is 0 Å². The summed E-state index contributed by atoms with van der Waals surface area (Å²) in [7, 11) is -3.51. The van der Waals surface area contributed by atoms with Crippen molar-refractivity contribution >= 4 is 27.2 Å². The molecule has 1 aliphatic heterocycles. The Morgan fingerprint density at radius 2 is 1.96 bits per heavy atom. The summed E-state index contributed by atoms with van der Waals surface area (Å²) in [5.74, 6) is -0.476. The van der Waals surface area contributed by atoms with Crippen molar-refractivity contribution in [2.75, 3.05) is 30.7 Å². The fraction of sp³-hybridized carbons (Fsp3) is 0.562. The molecule has 0 spiro atoms. The smallest absolute Gasteiger partial charge is 0.293 e. The van der Waals surface area contributed by atoms with Crippen molar-refractivity contribution in [2.24, 2.45) is 0 Å². The number of ketones is 1. The van der Waals surface area contributed by atoms with Crippen molar-refractivity contribution in [3.63, 3.8) is 0 Å². The molecule has 0 unspecified atom stereocenters. The number of hydrogen-bond donors (Lipinski definition) is 1. The second-order valence-corrected chi connectivity index (χ2v) is 8.45. The van der Waals surface area contributed by atoms with E-state index in [1.54, 1.807) is 0 Å². The zero-order chi connectivity index (χ0) is 19.5. The molecule has 0 radical (unpaired) electrons. The van der Waals surface area contributed by atoms with Crippen LogP contribution in [-0.4, -0.2) is 61.0 Å². The first kappa shape index (κ1) is 20.3. The zero-order valence-electron chi connectivity index (χ0n) is 15.0. The molecule has 0 amide bonds. The fourth-order valence-corrected chi connectivity index (χ4v) is 4.35. The molecule has 1 saturated heterocycles. The Labute approximate surface area is 152 Å². The number of nitrogens with one attached hydrogen (secondary N) is 1. The van der Waals surface area contributed by atoms with Gasteiger partial charge in [0.25, 0.3) is 5.69 Å². The van der Waals surface area contributed by atoms with Crippen LogP contribution in [0, 0.1) is 10.1 Å². The highest BCUT2D eigenvalue weighted by molar-refractivity contribution is 7.89. The number of rotatable bonds is 7. The lowest BCUT2D eigenvalue weighted by Crippen LogP contribution is -2.49. The first-order valence-electron chi connectivity index (χ1n) is 8.26. The number of sulfonamides is 1. The van der Waals surface area contributed by atoms with Crippen LogP contribution in [-0.2, 0) is 14.8 Å². The van der Waals surface area contributed by atoms with E-state index in [1.807, 2.05) is 13.8 Å². The lowest BCUT2D eigenvalue weighted by molar-refractivity contribution is -0.384. The topological polar surface area (TPSA) is 119 Å². The third kappa shape index (κ3) is 4.99. The van der Waals surface area contributed by atoms with Crippen LogP contribution in [0.1, 0.15) is 31.1 Å². The lowest BCUT2D eigenvalue weighted by Gasteiger charge is -2.34. The van der Waals surface area contributed by atoms with E-state index in [2.05, 4.69) is 5.32 Å². The molecule has 1 fully saturated rings. The molecule has 1 heterocycles. The van der Waals surface area contributed by atoms with Crippen LogP contribution in [0.15, 0.2) is 18.2 Å². The van der Waals surface area contributed by atoms with Gasteiger partial charge in [0.2, 0.25) is 10.0 Å². The summed E-state index contributed by atoms with van der Waals surface area (Å²) in [6.07, 6.45) is -0.358. The molecule has 0 saturated carbocycles. The van der Waals surface area contributed by atoms with Crippen LogP contribution in [0.3, 0.4) is 0 Å². The number of nitrogens with zero attached hydrogens (tertiary/aromatic N) is 2. The van der Waals surface area contributed by atoms with E-state index in [0.29, 0.717) is 13.1 Å². The Morgan fingerprint density at radius 3 is 2.50 bits per heavy atom. The maximum atomic E-state index is 12.5. The molecule has 1 N–H and O–H groups in total. The van der Waals surface area contributed by atoms with Crippen molar-refractivity contribution < 1.29 is 22.9 Å². The van der Waals surface area contributed by atoms with Gasteiger partial charge in [-0.15, -0.1) is 0 Å². The molecular weight excluding hydrogens is 362 g/mol. The van der Waals surface area contributed by atoms with Crippen LogP contribution >= 0.6 is 0 Å². The van der Waals surface area contributed by atoms with Crippen molar-refractivity contribution in [3.05, 3.63) is 33.9 Å². The largest absolute Gasteiger partial charge is 0.378 e. The average Bonchev–Trinajstić information content (AvgIpc) is 2.53.